The summed E-state index contributed by atoms with van der Waals surface area (Å²) >= 11 is 0. The lowest BCUT2D eigenvalue weighted by molar-refractivity contribution is 0.0955. The predicted octanol–water partition coefficient (Wildman–Crippen LogP) is 0.804. The van der Waals surface area contributed by atoms with E-state index in [4.69, 9.17) is 5.73 Å². The van der Waals surface area contributed by atoms with Crippen molar-refractivity contribution in [2.75, 3.05) is 39.8 Å². The van der Waals surface area contributed by atoms with Gasteiger partial charge in [-0.2, -0.15) is 0 Å². The molecular weight excluding hydrogens is 210 g/mol. The zero-order valence-electron chi connectivity index (χ0n) is 10.7. The molecule has 2 N–H and O–H groups in total. The van der Waals surface area contributed by atoms with E-state index in [2.05, 4.69) is 47.2 Å². The highest BCUT2D eigenvalue weighted by Crippen LogP contribution is 2.09. The summed E-state index contributed by atoms with van der Waals surface area (Å²) in [6, 6.07) is 11.2. The maximum Gasteiger partial charge on any atom is 0.0346 e. The van der Waals surface area contributed by atoms with Gasteiger partial charge in [0.25, 0.3) is 0 Å². The van der Waals surface area contributed by atoms with Gasteiger partial charge in [0.15, 0.2) is 0 Å². The standard InChI is InChI=1S/C14H23N3/c1-16-9-10-17(14(11-15)12-16)8-7-13-5-3-2-4-6-13/h2-6,14H,7-12,15H2,1H3. The first kappa shape index (κ1) is 12.6. The fraction of sp³-hybridized carbons (Fsp3) is 0.571. The summed E-state index contributed by atoms with van der Waals surface area (Å²) in [5.41, 5.74) is 7.28. The minimum Gasteiger partial charge on any atom is -0.329 e. The molecule has 0 aliphatic carbocycles. The molecule has 1 aliphatic rings. The number of rotatable bonds is 4. The van der Waals surface area contributed by atoms with Crippen molar-refractivity contribution >= 4 is 0 Å². The van der Waals surface area contributed by atoms with Gasteiger partial charge in [0.05, 0.1) is 0 Å². The third-order valence-electron chi connectivity index (χ3n) is 3.61. The van der Waals surface area contributed by atoms with Gasteiger partial charge >= 0.3 is 0 Å². The number of nitrogens with zero attached hydrogens (tertiary/aromatic N) is 2. The largest absolute Gasteiger partial charge is 0.329 e. The molecule has 0 radical (unpaired) electrons. The molecule has 1 unspecified atom stereocenters. The van der Waals surface area contributed by atoms with Gasteiger partial charge < -0.3 is 10.6 Å². The van der Waals surface area contributed by atoms with E-state index in [0.717, 1.165) is 39.1 Å². The van der Waals surface area contributed by atoms with Crippen molar-refractivity contribution in [1.82, 2.24) is 9.80 Å². The Bertz CT molecular complexity index is 325. The summed E-state index contributed by atoms with van der Waals surface area (Å²) in [5.74, 6) is 0. The lowest BCUT2D eigenvalue weighted by atomic mass is 10.1. The fourth-order valence-corrected chi connectivity index (χ4v) is 2.48. The van der Waals surface area contributed by atoms with Crippen LogP contribution < -0.4 is 5.73 Å². The Labute approximate surface area is 104 Å². The SMILES string of the molecule is CN1CCN(CCc2ccccc2)C(CN)C1. The fourth-order valence-electron chi connectivity index (χ4n) is 2.48. The zero-order valence-corrected chi connectivity index (χ0v) is 10.7. The second kappa shape index (κ2) is 6.15. The minimum absolute atomic E-state index is 0.525. The summed E-state index contributed by atoms with van der Waals surface area (Å²) in [5, 5.41) is 0. The average Bonchev–Trinajstić information content (AvgIpc) is 2.38. The lowest BCUT2D eigenvalue weighted by Gasteiger charge is -2.39. The van der Waals surface area contributed by atoms with Crippen LogP contribution in [0.3, 0.4) is 0 Å². The molecule has 1 atom stereocenters. The molecule has 1 fully saturated rings. The van der Waals surface area contributed by atoms with Crippen LogP contribution in [0.4, 0.5) is 0 Å². The molecule has 0 saturated carbocycles. The van der Waals surface area contributed by atoms with Crippen LogP contribution in [-0.4, -0.2) is 55.6 Å². The highest BCUT2D eigenvalue weighted by atomic mass is 15.3. The molecule has 3 nitrogen and oxygen atoms in total. The van der Waals surface area contributed by atoms with Crippen LogP contribution in [0.15, 0.2) is 30.3 Å². The number of hydrogen-bond acceptors (Lipinski definition) is 3. The van der Waals surface area contributed by atoms with Gasteiger partial charge in [-0.05, 0) is 19.0 Å². The van der Waals surface area contributed by atoms with Crippen LogP contribution >= 0.6 is 0 Å². The van der Waals surface area contributed by atoms with Crippen LogP contribution in [0.5, 0.6) is 0 Å². The van der Waals surface area contributed by atoms with Gasteiger partial charge in [-0.3, -0.25) is 4.90 Å². The second-order valence-electron chi connectivity index (χ2n) is 4.92. The van der Waals surface area contributed by atoms with E-state index >= 15 is 0 Å². The van der Waals surface area contributed by atoms with E-state index in [1.54, 1.807) is 0 Å². The first-order chi connectivity index (χ1) is 8.29. The van der Waals surface area contributed by atoms with Crippen LogP contribution in [0, 0.1) is 0 Å². The molecule has 0 bridgehead atoms. The third-order valence-corrected chi connectivity index (χ3v) is 3.61. The highest BCUT2D eigenvalue weighted by molar-refractivity contribution is 5.14. The van der Waals surface area contributed by atoms with E-state index in [-0.39, 0.29) is 0 Å². The van der Waals surface area contributed by atoms with Gasteiger partial charge in [0.1, 0.15) is 0 Å². The van der Waals surface area contributed by atoms with Gasteiger partial charge in [-0.1, -0.05) is 30.3 Å². The maximum atomic E-state index is 5.86. The Kier molecular flexibility index (Phi) is 4.54. The topological polar surface area (TPSA) is 32.5 Å². The molecule has 1 aliphatic heterocycles. The van der Waals surface area contributed by atoms with Gasteiger partial charge in [-0.25, -0.2) is 0 Å². The van der Waals surface area contributed by atoms with Crippen LogP contribution in [0.25, 0.3) is 0 Å². The molecule has 17 heavy (non-hydrogen) atoms. The third kappa shape index (κ3) is 3.53. The molecule has 1 saturated heterocycles. The predicted molar refractivity (Wildman–Crippen MR) is 72.1 cm³/mol. The van der Waals surface area contributed by atoms with Crippen molar-refractivity contribution < 1.29 is 0 Å². The summed E-state index contributed by atoms with van der Waals surface area (Å²) in [4.78, 5) is 4.91. The summed E-state index contributed by atoms with van der Waals surface area (Å²) < 4.78 is 0. The van der Waals surface area contributed by atoms with Crippen LogP contribution in [0.2, 0.25) is 0 Å². The first-order valence-corrected chi connectivity index (χ1v) is 6.46. The minimum atomic E-state index is 0.525. The number of nitrogens with two attached hydrogens (primary N) is 1. The maximum absolute atomic E-state index is 5.86. The smallest absolute Gasteiger partial charge is 0.0346 e. The number of likely N-dealkylation sites (N-methyl/N-ethyl adjacent to an activating group) is 1. The first-order valence-electron chi connectivity index (χ1n) is 6.46. The molecule has 1 aromatic carbocycles. The summed E-state index contributed by atoms with van der Waals surface area (Å²) in [6.45, 7) is 5.29. The molecule has 3 heteroatoms. The Morgan fingerprint density at radius 1 is 1.24 bits per heavy atom. The van der Waals surface area contributed by atoms with Crippen LogP contribution in [0.1, 0.15) is 5.56 Å². The summed E-state index contributed by atoms with van der Waals surface area (Å²) in [6.07, 6.45) is 1.13. The van der Waals surface area contributed by atoms with Crippen molar-refractivity contribution in [3.05, 3.63) is 35.9 Å². The van der Waals surface area contributed by atoms with E-state index in [1.807, 2.05) is 0 Å². The molecule has 94 valence electrons. The zero-order chi connectivity index (χ0) is 12.1. The molecule has 0 spiro atoms. The summed E-state index contributed by atoms with van der Waals surface area (Å²) in [7, 11) is 2.18. The van der Waals surface area contributed by atoms with E-state index < -0.39 is 0 Å². The van der Waals surface area contributed by atoms with Crippen molar-refractivity contribution in [1.29, 1.82) is 0 Å². The second-order valence-corrected chi connectivity index (χ2v) is 4.92. The quantitative estimate of drug-likeness (QED) is 0.835. The highest BCUT2D eigenvalue weighted by Gasteiger charge is 2.23. The van der Waals surface area contributed by atoms with Crippen molar-refractivity contribution in [2.24, 2.45) is 5.73 Å². The average molecular weight is 233 g/mol. The molecule has 1 aromatic rings. The van der Waals surface area contributed by atoms with Crippen molar-refractivity contribution in [2.45, 2.75) is 12.5 Å². The molecule has 0 amide bonds. The van der Waals surface area contributed by atoms with E-state index in [9.17, 15) is 0 Å². The Morgan fingerprint density at radius 2 is 2.00 bits per heavy atom. The Balaban J connectivity index is 1.85. The Morgan fingerprint density at radius 3 is 2.71 bits per heavy atom. The molecule has 0 aromatic heterocycles. The normalized spacial score (nSPS) is 22.8. The lowest BCUT2D eigenvalue weighted by Crippen LogP contribution is -2.55. The van der Waals surface area contributed by atoms with Crippen molar-refractivity contribution in [3.8, 4) is 0 Å². The monoisotopic (exact) mass is 233 g/mol. The van der Waals surface area contributed by atoms with Crippen LogP contribution in [-0.2, 0) is 6.42 Å². The van der Waals surface area contributed by atoms with Gasteiger partial charge in [0.2, 0.25) is 0 Å². The van der Waals surface area contributed by atoms with Gasteiger partial charge in [0, 0.05) is 38.8 Å². The van der Waals surface area contributed by atoms with Gasteiger partial charge in [-0.15, -0.1) is 0 Å². The molecule has 1 heterocycles. The number of benzene rings is 1. The molecular formula is C14H23N3. The number of hydrogen-bond donors (Lipinski definition) is 1. The Hall–Kier alpha value is -0.900. The van der Waals surface area contributed by atoms with E-state index in [1.165, 1.54) is 5.56 Å². The van der Waals surface area contributed by atoms with Crippen molar-refractivity contribution in [3.63, 3.8) is 0 Å². The van der Waals surface area contributed by atoms with E-state index in [0.29, 0.717) is 6.04 Å². The number of piperazine rings is 1. The molecule has 2 rings (SSSR count).